The summed E-state index contributed by atoms with van der Waals surface area (Å²) >= 11 is 0. The van der Waals surface area contributed by atoms with E-state index in [2.05, 4.69) is 13.8 Å². The first kappa shape index (κ1) is 15.5. The molecule has 0 spiro atoms. The van der Waals surface area contributed by atoms with Gasteiger partial charge in [-0.15, -0.1) is 0 Å². The van der Waals surface area contributed by atoms with Crippen LogP contribution in [0.2, 0.25) is 0 Å². The van der Waals surface area contributed by atoms with Crippen LogP contribution in [0.25, 0.3) is 0 Å². The molecule has 1 fully saturated rings. The summed E-state index contributed by atoms with van der Waals surface area (Å²) in [5, 5.41) is 0. The van der Waals surface area contributed by atoms with Crippen LogP contribution in [0.3, 0.4) is 0 Å². The van der Waals surface area contributed by atoms with Gasteiger partial charge in [0.25, 0.3) is 5.91 Å². The number of carbonyl (C=O) groups is 2. The van der Waals surface area contributed by atoms with Crippen LogP contribution < -0.4 is 4.74 Å². The number of hydrogen-bond donors (Lipinski definition) is 0. The van der Waals surface area contributed by atoms with Gasteiger partial charge in [-0.3, -0.25) is 9.59 Å². The van der Waals surface area contributed by atoms with Crippen LogP contribution in [0, 0.1) is 0 Å². The maximum Gasteiger partial charge on any atom is 0.260 e. The molecule has 0 unspecified atom stereocenters. The number of carbonyl (C=O) groups excluding carboxylic acids is 2. The van der Waals surface area contributed by atoms with E-state index in [1.54, 1.807) is 24.3 Å². The number of piperidine rings is 1. The Morgan fingerprint density at radius 1 is 1.14 bits per heavy atom. The molecule has 1 amide bonds. The van der Waals surface area contributed by atoms with E-state index in [-0.39, 0.29) is 30.4 Å². The molecule has 0 radical (unpaired) electrons. The minimum absolute atomic E-state index is 0.0218. The van der Waals surface area contributed by atoms with Crippen molar-refractivity contribution in [1.82, 2.24) is 4.90 Å². The zero-order chi connectivity index (χ0) is 15.4. The summed E-state index contributed by atoms with van der Waals surface area (Å²) in [4.78, 5) is 25.5. The van der Waals surface area contributed by atoms with Crippen LogP contribution in [0.4, 0.5) is 0 Å². The van der Waals surface area contributed by atoms with Crippen LogP contribution in [-0.2, 0) is 4.79 Å². The van der Waals surface area contributed by atoms with E-state index in [9.17, 15) is 9.59 Å². The van der Waals surface area contributed by atoms with Crippen molar-refractivity contribution >= 4 is 11.7 Å². The van der Waals surface area contributed by atoms with Crippen LogP contribution >= 0.6 is 0 Å². The van der Waals surface area contributed by atoms with Gasteiger partial charge in [-0.25, -0.2) is 0 Å². The third-order valence-corrected chi connectivity index (χ3v) is 4.10. The number of nitrogens with zero attached hydrogens (tertiary/aromatic N) is 1. The molecule has 1 aliphatic heterocycles. The molecule has 0 aromatic heterocycles. The first-order valence-electron chi connectivity index (χ1n) is 7.54. The van der Waals surface area contributed by atoms with E-state index in [4.69, 9.17) is 4.74 Å². The summed E-state index contributed by atoms with van der Waals surface area (Å²) in [5.41, 5.74) is 0.645. The lowest BCUT2D eigenvalue weighted by Gasteiger charge is -2.38. The van der Waals surface area contributed by atoms with Crippen molar-refractivity contribution in [2.45, 2.75) is 52.1 Å². The Morgan fingerprint density at radius 3 is 2.24 bits per heavy atom. The van der Waals surface area contributed by atoms with Gasteiger partial charge in [0, 0.05) is 17.6 Å². The van der Waals surface area contributed by atoms with Crippen LogP contribution in [0.15, 0.2) is 24.3 Å². The normalized spacial score (nSPS) is 22.0. The van der Waals surface area contributed by atoms with E-state index in [0.717, 1.165) is 12.8 Å². The van der Waals surface area contributed by atoms with Crippen LogP contribution in [0.5, 0.6) is 5.75 Å². The summed E-state index contributed by atoms with van der Waals surface area (Å²) in [6, 6.07) is 7.46. The predicted molar refractivity (Wildman–Crippen MR) is 81.6 cm³/mol. The first-order chi connectivity index (χ1) is 9.99. The number of benzene rings is 1. The molecule has 2 rings (SSSR count). The fourth-order valence-electron chi connectivity index (χ4n) is 2.92. The molecule has 1 aromatic carbocycles. The average molecular weight is 289 g/mol. The van der Waals surface area contributed by atoms with E-state index < -0.39 is 0 Å². The highest BCUT2D eigenvalue weighted by molar-refractivity contribution is 5.94. The Hall–Kier alpha value is -1.84. The maximum absolute atomic E-state index is 12.3. The zero-order valence-corrected chi connectivity index (χ0v) is 13.0. The molecule has 1 heterocycles. The highest BCUT2D eigenvalue weighted by Gasteiger charge is 2.28. The molecule has 0 saturated carbocycles. The molecule has 0 bridgehead atoms. The maximum atomic E-state index is 12.3. The quantitative estimate of drug-likeness (QED) is 0.800. The van der Waals surface area contributed by atoms with E-state index >= 15 is 0 Å². The van der Waals surface area contributed by atoms with Gasteiger partial charge in [0.05, 0.1) is 0 Å². The first-order valence-corrected chi connectivity index (χ1v) is 7.54. The topological polar surface area (TPSA) is 46.6 Å². The number of amides is 1. The summed E-state index contributed by atoms with van der Waals surface area (Å²) < 4.78 is 5.55. The second-order valence-electron chi connectivity index (χ2n) is 5.80. The Morgan fingerprint density at radius 2 is 1.71 bits per heavy atom. The van der Waals surface area contributed by atoms with Gasteiger partial charge in [-0.2, -0.15) is 0 Å². The van der Waals surface area contributed by atoms with Crippen molar-refractivity contribution in [3.05, 3.63) is 29.8 Å². The molecule has 1 saturated heterocycles. The van der Waals surface area contributed by atoms with E-state index in [0.29, 0.717) is 11.3 Å². The number of ketones is 1. The third-order valence-electron chi connectivity index (χ3n) is 4.10. The Balaban J connectivity index is 1.92. The lowest BCUT2D eigenvalue weighted by molar-refractivity contribution is -0.139. The van der Waals surface area contributed by atoms with Crippen molar-refractivity contribution in [3.63, 3.8) is 0 Å². The molecule has 1 aromatic rings. The zero-order valence-electron chi connectivity index (χ0n) is 13.0. The second-order valence-corrected chi connectivity index (χ2v) is 5.80. The van der Waals surface area contributed by atoms with Crippen LogP contribution in [-0.4, -0.2) is 35.3 Å². The predicted octanol–water partition coefficient (Wildman–Crippen LogP) is 3.06. The van der Waals surface area contributed by atoms with Gasteiger partial charge < -0.3 is 9.64 Å². The Labute approximate surface area is 126 Å². The molecule has 4 heteroatoms. The van der Waals surface area contributed by atoms with Gasteiger partial charge in [0.2, 0.25) is 0 Å². The molecule has 2 atom stereocenters. The smallest absolute Gasteiger partial charge is 0.260 e. The standard InChI is InChI=1S/C17H23NO3/c1-12-5-4-6-13(2)18(12)17(20)11-21-16-9-7-15(8-10-16)14(3)19/h7-10,12-13H,4-6,11H2,1-3H3/t12-,13+. The molecule has 21 heavy (non-hydrogen) atoms. The molecule has 0 N–H and O–H groups in total. The Kier molecular flexibility index (Phi) is 4.99. The lowest BCUT2D eigenvalue weighted by atomic mass is 9.97. The highest BCUT2D eigenvalue weighted by atomic mass is 16.5. The number of hydrogen-bond acceptors (Lipinski definition) is 3. The molecule has 0 aliphatic carbocycles. The number of Topliss-reactive ketones (excluding diaryl/α,β-unsaturated/α-hetero) is 1. The minimum atomic E-state index is 0.0218. The minimum Gasteiger partial charge on any atom is -0.484 e. The van der Waals surface area contributed by atoms with Crippen molar-refractivity contribution < 1.29 is 14.3 Å². The molecule has 1 aliphatic rings. The second kappa shape index (κ2) is 6.74. The van der Waals surface area contributed by atoms with E-state index in [1.165, 1.54) is 13.3 Å². The van der Waals surface area contributed by atoms with Crippen molar-refractivity contribution in [1.29, 1.82) is 0 Å². The fourth-order valence-corrected chi connectivity index (χ4v) is 2.92. The largest absolute Gasteiger partial charge is 0.484 e. The van der Waals surface area contributed by atoms with Crippen molar-refractivity contribution in [2.24, 2.45) is 0 Å². The van der Waals surface area contributed by atoms with E-state index in [1.807, 2.05) is 4.90 Å². The lowest BCUT2D eigenvalue weighted by Crippen LogP contribution is -2.49. The molecule has 4 nitrogen and oxygen atoms in total. The van der Waals surface area contributed by atoms with Gasteiger partial charge in [-0.05, 0) is 64.3 Å². The van der Waals surface area contributed by atoms with Crippen LogP contribution in [0.1, 0.15) is 50.4 Å². The molecule has 114 valence electrons. The monoisotopic (exact) mass is 289 g/mol. The number of likely N-dealkylation sites (tertiary alicyclic amines) is 1. The van der Waals surface area contributed by atoms with Gasteiger partial charge in [-0.1, -0.05) is 0 Å². The highest BCUT2D eigenvalue weighted by Crippen LogP contribution is 2.22. The summed E-state index contributed by atoms with van der Waals surface area (Å²) in [7, 11) is 0. The summed E-state index contributed by atoms with van der Waals surface area (Å²) in [5.74, 6) is 0.671. The summed E-state index contributed by atoms with van der Waals surface area (Å²) in [6.45, 7) is 5.76. The SMILES string of the molecule is CC(=O)c1ccc(OCC(=O)N2[C@H](C)CCC[C@@H]2C)cc1. The van der Waals surface area contributed by atoms with Gasteiger partial charge in [0.15, 0.2) is 12.4 Å². The molecular weight excluding hydrogens is 266 g/mol. The fraction of sp³-hybridized carbons (Fsp3) is 0.529. The molecular formula is C17H23NO3. The number of rotatable bonds is 4. The average Bonchev–Trinajstić information content (AvgIpc) is 2.45. The van der Waals surface area contributed by atoms with Crippen molar-refractivity contribution in [3.8, 4) is 5.75 Å². The van der Waals surface area contributed by atoms with Gasteiger partial charge >= 0.3 is 0 Å². The number of ether oxygens (including phenoxy) is 1. The van der Waals surface area contributed by atoms with Crippen molar-refractivity contribution in [2.75, 3.05) is 6.61 Å². The summed E-state index contributed by atoms with van der Waals surface area (Å²) in [6.07, 6.45) is 3.30. The Bertz CT molecular complexity index is 499. The third kappa shape index (κ3) is 3.84. The van der Waals surface area contributed by atoms with Gasteiger partial charge in [0.1, 0.15) is 5.75 Å².